The van der Waals surface area contributed by atoms with Crippen molar-refractivity contribution in [1.82, 2.24) is 15.4 Å². The van der Waals surface area contributed by atoms with Crippen molar-refractivity contribution >= 4 is 11.0 Å². The summed E-state index contributed by atoms with van der Waals surface area (Å²) >= 11 is 0. The molecule has 2 saturated carbocycles. The monoisotopic (exact) mass is 331 g/mol. The fourth-order valence-electron chi connectivity index (χ4n) is 5.89. The van der Waals surface area contributed by atoms with Crippen LogP contribution in [0.3, 0.4) is 0 Å². The Kier molecular flexibility index (Phi) is 3.13. The third-order valence-electron chi connectivity index (χ3n) is 7.03. The Labute approximate surface area is 148 Å². The van der Waals surface area contributed by atoms with Gasteiger partial charge in [0, 0.05) is 5.56 Å². The van der Waals surface area contributed by atoms with Crippen molar-refractivity contribution in [3.8, 4) is 11.1 Å². The third kappa shape index (κ3) is 2.04. The fraction of sp³-hybridized carbons (Fsp3) is 0.455. The molecule has 5 rings (SSSR count). The highest BCUT2D eigenvalue weighted by atomic mass is 15.3. The van der Waals surface area contributed by atoms with E-state index in [-0.39, 0.29) is 0 Å². The molecule has 0 aliphatic heterocycles. The molecule has 3 unspecified atom stereocenters. The molecule has 1 aromatic heterocycles. The Balaban J connectivity index is 1.83. The number of hydrogen-bond acceptors (Lipinski definition) is 2. The van der Waals surface area contributed by atoms with Gasteiger partial charge >= 0.3 is 0 Å². The van der Waals surface area contributed by atoms with Crippen molar-refractivity contribution in [3.05, 3.63) is 47.5 Å². The molecule has 3 nitrogen and oxygen atoms in total. The van der Waals surface area contributed by atoms with E-state index in [1.807, 2.05) is 0 Å². The van der Waals surface area contributed by atoms with Crippen molar-refractivity contribution in [1.29, 1.82) is 0 Å². The standard InChI is InChI=1S/C22H25N3/c1-13-11-17-21(24-25-23-17)19(14-7-5-4-6-8-14)18(13)20-15-9-10-16(12-15)22(20,2)3/h4-8,11,15-16,20H,9-10,12H2,1-3H3,(H,23,24,25). The molecule has 0 spiro atoms. The Morgan fingerprint density at radius 2 is 1.88 bits per heavy atom. The zero-order valence-corrected chi connectivity index (χ0v) is 15.2. The molecule has 3 aromatic rings. The predicted molar refractivity (Wildman–Crippen MR) is 101 cm³/mol. The van der Waals surface area contributed by atoms with E-state index >= 15 is 0 Å². The molecule has 0 saturated heterocycles. The number of aryl methyl sites for hydroxylation is 1. The number of aromatic amines is 1. The molecule has 0 amide bonds. The fourth-order valence-corrected chi connectivity index (χ4v) is 5.89. The second-order valence-electron chi connectivity index (χ2n) is 8.61. The summed E-state index contributed by atoms with van der Waals surface area (Å²) in [6.45, 7) is 7.24. The number of benzene rings is 2. The van der Waals surface area contributed by atoms with E-state index in [1.165, 1.54) is 41.5 Å². The topological polar surface area (TPSA) is 41.6 Å². The molecule has 128 valence electrons. The number of rotatable bonds is 2. The maximum Gasteiger partial charge on any atom is 0.121 e. The number of hydrogen-bond donors (Lipinski definition) is 1. The van der Waals surface area contributed by atoms with Crippen molar-refractivity contribution in [2.75, 3.05) is 0 Å². The number of H-pyrrole nitrogens is 1. The molecule has 3 heteroatoms. The Bertz CT molecular complexity index is 939. The van der Waals surface area contributed by atoms with Crippen LogP contribution < -0.4 is 0 Å². The van der Waals surface area contributed by atoms with Gasteiger partial charge in [-0.25, -0.2) is 0 Å². The van der Waals surface area contributed by atoms with Crippen LogP contribution in [0.2, 0.25) is 0 Å². The summed E-state index contributed by atoms with van der Waals surface area (Å²) in [5, 5.41) is 11.8. The SMILES string of the molecule is Cc1cc2n[nH]nc2c(-c2ccccc2)c1C1C2CCC(C2)C1(C)C. The van der Waals surface area contributed by atoms with Gasteiger partial charge in [-0.2, -0.15) is 15.4 Å². The molecular weight excluding hydrogens is 306 g/mol. The summed E-state index contributed by atoms with van der Waals surface area (Å²) in [7, 11) is 0. The summed E-state index contributed by atoms with van der Waals surface area (Å²) in [5.41, 5.74) is 7.80. The van der Waals surface area contributed by atoms with Gasteiger partial charge in [-0.15, -0.1) is 0 Å². The minimum Gasteiger partial charge on any atom is -0.197 e. The van der Waals surface area contributed by atoms with Gasteiger partial charge in [0.2, 0.25) is 0 Å². The first-order valence-electron chi connectivity index (χ1n) is 9.46. The van der Waals surface area contributed by atoms with E-state index in [4.69, 9.17) is 0 Å². The number of nitrogens with one attached hydrogen (secondary N) is 1. The highest BCUT2D eigenvalue weighted by Crippen LogP contribution is 2.64. The highest BCUT2D eigenvalue weighted by Gasteiger charge is 2.54. The first-order valence-corrected chi connectivity index (χ1v) is 9.46. The lowest BCUT2D eigenvalue weighted by Gasteiger charge is -2.40. The van der Waals surface area contributed by atoms with Crippen LogP contribution in [0.15, 0.2) is 36.4 Å². The van der Waals surface area contributed by atoms with Crippen LogP contribution in [0.1, 0.15) is 50.2 Å². The lowest BCUT2D eigenvalue weighted by molar-refractivity contribution is 0.179. The van der Waals surface area contributed by atoms with Gasteiger partial charge in [0.05, 0.1) is 0 Å². The molecular formula is C22H25N3. The summed E-state index contributed by atoms with van der Waals surface area (Å²) < 4.78 is 0. The summed E-state index contributed by atoms with van der Waals surface area (Å²) in [6, 6.07) is 13.0. The van der Waals surface area contributed by atoms with E-state index in [9.17, 15) is 0 Å². The lowest BCUT2D eigenvalue weighted by atomic mass is 9.64. The van der Waals surface area contributed by atoms with Crippen LogP contribution in [-0.4, -0.2) is 15.4 Å². The molecule has 1 N–H and O–H groups in total. The molecule has 2 aliphatic carbocycles. The molecule has 2 bridgehead atoms. The van der Waals surface area contributed by atoms with Crippen molar-refractivity contribution in [3.63, 3.8) is 0 Å². The number of fused-ring (bicyclic) bond motifs is 3. The van der Waals surface area contributed by atoms with Crippen LogP contribution in [0.25, 0.3) is 22.2 Å². The number of aromatic nitrogens is 3. The van der Waals surface area contributed by atoms with E-state index < -0.39 is 0 Å². The average Bonchev–Trinajstić information content (AvgIpc) is 3.29. The smallest absolute Gasteiger partial charge is 0.121 e. The second-order valence-corrected chi connectivity index (χ2v) is 8.61. The summed E-state index contributed by atoms with van der Waals surface area (Å²) in [4.78, 5) is 0. The number of nitrogens with zero attached hydrogens (tertiary/aromatic N) is 2. The van der Waals surface area contributed by atoms with Gasteiger partial charge in [-0.3, -0.25) is 0 Å². The van der Waals surface area contributed by atoms with Gasteiger partial charge in [0.15, 0.2) is 0 Å². The molecule has 2 aromatic carbocycles. The van der Waals surface area contributed by atoms with Gasteiger partial charge < -0.3 is 0 Å². The van der Waals surface area contributed by atoms with Gasteiger partial charge in [-0.05, 0) is 72.1 Å². The molecule has 2 fully saturated rings. The molecule has 2 aliphatic rings. The van der Waals surface area contributed by atoms with Gasteiger partial charge in [-0.1, -0.05) is 44.2 Å². The van der Waals surface area contributed by atoms with Gasteiger partial charge in [0.25, 0.3) is 0 Å². The van der Waals surface area contributed by atoms with E-state index in [0.29, 0.717) is 11.3 Å². The normalized spacial score (nSPS) is 27.2. The van der Waals surface area contributed by atoms with Crippen LogP contribution in [0.4, 0.5) is 0 Å². The highest BCUT2D eigenvalue weighted by molar-refractivity contribution is 5.94. The van der Waals surface area contributed by atoms with Crippen molar-refractivity contribution in [2.45, 2.75) is 46.0 Å². The van der Waals surface area contributed by atoms with Crippen molar-refractivity contribution in [2.24, 2.45) is 17.3 Å². The summed E-state index contributed by atoms with van der Waals surface area (Å²) in [6.07, 6.45) is 4.17. The van der Waals surface area contributed by atoms with Crippen LogP contribution in [0, 0.1) is 24.2 Å². The predicted octanol–water partition coefficient (Wildman–Crippen LogP) is 5.47. The van der Waals surface area contributed by atoms with E-state index in [1.54, 1.807) is 0 Å². The Morgan fingerprint density at radius 1 is 1.08 bits per heavy atom. The average molecular weight is 331 g/mol. The minimum atomic E-state index is 0.356. The lowest BCUT2D eigenvalue weighted by Crippen LogP contribution is -2.29. The largest absolute Gasteiger partial charge is 0.197 e. The zero-order valence-electron chi connectivity index (χ0n) is 15.2. The Hall–Kier alpha value is -2.16. The van der Waals surface area contributed by atoms with Crippen molar-refractivity contribution < 1.29 is 0 Å². The van der Waals surface area contributed by atoms with Gasteiger partial charge in [0.1, 0.15) is 11.0 Å². The molecule has 25 heavy (non-hydrogen) atoms. The van der Waals surface area contributed by atoms with Crippen LogP contribution in [0.5, 0.6) is 0 Å². The maximum absolute atomic E-state index is 4.54. The maximum atomic E-state index is 4.54. The van der Waals surface area contributed by atoms with Crippen LogP contribution >= 0.6 is 0 Å². The minimum absolute atomic E-state index is 0.356. The molecule has 3 atom stereocenters. The Morgan fingerprint density at radius 3 is 2.60 bits per heavy atom. The quantitative estimate of drug-likeness (QED) is 0.676. The zero-order chi connectivity index (χ0) is 17.2. The third-order valence-corrected chi connectivity index (χ3v) is 7.03. The van der Waals surface area contributed by atoms with E-state index in [2.05, 4.69) is 72.6 Å². The first kappa shape index (κ1) is 15.1. The first-order chi connectivity index (χ1) is 12.1. The molecule has 0 radical (unpaired) electrons. The molecule has 1 heterocycles. The second kappa shape index (κ2) is 5.17. The van der Waals surface area contributed by atoms with E-state index in [0.717, 1.165) is 22.9 Å². The van der Waals surface area contributed by atoms with Crippen LogP contribution in [-0.2, 0) is 0 Å². The summed E-state index contributed by atoms with van der Waals surface area (Å²) in [5.74, 6) is 2.28.